The van der Waals surface area contributed by atoms with Crippen molar-refractivity contribution >= 4 is 16.9 Å². The molecule has 1 aromatic carbocycles. The van der Waals surface area contributed by atoms with Crippen LogP contribution in [0, 0.1) is 0 Å². The van der Waals surface area contributed by atoms with Crippen LogP contribution in [0.5, 0.6) is 5.75 Å². The number of para-hydroxylation sites is 1. The van der Waals surface area contributed by atoms with Gasteiger partial charge < -0.3 is 14.0 Å². The Bertz CT molecular complexity index is 630. The van der Waals surface area contributed by atoms with E-state index in [0.717, 1.165) is 0 Å². The highest BCUT2D eigenvalue weighted by molar-refractivity contribution is 5.83. The second-order valence-corrected chi connectivity index (χ2v) is 3.56. The van der Waals surface area contributed by atoms with Crippen molar-refractivity contribution in [3.63, 3.8) is 0 Å². The van der Waals surface area contributed by atoms with Crippen molar-refractivity contribution in [2.75, 3.05) is 6.61 Å². The van der Waals surface area contributed by atoms with Gasteiger partial charge in [0.25, 0.3) is 0 Å². The zero-order chi connectivity index (χ0) is 13.0. The summed E-state index contributed by atoms with van der Waals surface area (Å²) in [6.07, 6.45) is 0. The Hall–Kier alpha value is -2.30. The molecule has 1 heterocycles. The van der Waals surface area contributed by atoms with Gasteiger partial charge >= 0.3 is 5.63 Å². The molecule has 0 fully saturated rings. The second kappa shape index (κ2) is 5.35. The van der Waals surface area contributed by atoms with Gasteiger partial charge in [0.2, 0.25) is 5.90 Å². The molecule has 18 heavy (non-hydrogen) atoms. The van der Waals surface area contributed by atoms with Crippen molar-refractivity contribution < 1.29 is 14.0 Å². The van der Waals surface area contributed by atoms with E-state index in [9.17, 15) is 4.79 Å². The predicted molar refractivity (Wildman–Crippen MR) is 67.8 cm³/mol. The standard InChI is InChI=1S/C13H13NO4/c1-3-16-9(2)14-18-12-8-13(15)17-11-7-5-4-6-10(11)12/h4-8H,3H2,1-2H3/b14-9-. The van der Waals surface area contributed by atoms with Crippen LogP contribution in [0.2, 0.25) is 0 Å². The third-order valence-corrected chi connectivity index (χ3v) is 2.24. The number of benzene rings is 1. The molecule has 0 bridgehead atoms. The van der Waals surface area contributed by atoms with Gasteiger partial charge in [-0.3, -0.25) is 0 Å². The zero-order valence-electron chi connectivity index (χ0n) is 10.2. The van der Waals surface area contributed by atoms with Gasteiger partial charge in [-0.15, -0.1) is 0 Å². The Labute approximate surface area is 104 Å². The lowest BCUT2D eigenvalue weighted by Gasteiger charge is -2.04. The lowest BCUT2D eigenvalue weighted by atomic mass is 10.2. The highest BCUT2D eigenvalue weighted by atomic mass is 16.6. The molecule has 0 aliphatic carbocycles. The van der Waals surface area contributed by atoms with Crippen molar-refractivity contribution in [2.24, 2.45) is 5.16 Å². The van der Waals surface area contributed by atoms with Crippen molar-refractivity contribution in [3.8, 4) is 5.75 Å². The number of hydrogen-bond donors (Lipinski definition) is 0. The van der Waals surface area contributed by atoms with Gasteiger partial charge in [-0.2, -0.15) is 0 Å². The van der Waals surface area contributed by atoms with Gasteiger partial charge in [-0.25, -0.2) is 4.79 Å². The highest BCUT2D eigenvalue weighted by Crippen LogP contribution is 2.23. The molecule has 0 saturated heterocycles. The van der Waals surface area contributed by atoms with Gasteiger partial charge in [-0.1, -0.05) is 12.1 Å². The predicted octanol–water partition coefficient (Wildman–Crippen LogP) is 2.54. The van der Waals surface area contributed by atoms with E-state index in [1.807, 2.05) is 13.0 Å². The lowest BCUT2D eigenvalue weighted by Crippen LogP contribution is -2.03. The second-order valence-electron chi connectivity index (χ2n) is 3.56. The first kappa shape index (κ1) is 12.2. The summed E-state index contributed by atoms with van der Waals surface area (Å²) in [7, 11) is 0. The molecule has 0 atom stereocenters. The molecule has 0 aliphatic heterocycles. The smallest absolute Gasteiger partial charge is 0.340 e. The molecular weight excluding hydrogens is 234 g/mol. The fraction of sp³-hybridized carbons (Fsp3) is 0.231. The fourth-order valence-corrected chi connectivity index (χ4v) is 1.51. The zero-order valence-corrected chi connectivity index (χ0v) is 10.2. The first-order valence-corrected chi connectivity index (χ1v) is 5.58. The highest BCUT2D eigenvalue weighted by Gasteiger charge is 2.06. The Balaban J connectivity index is 2.38. The van der Waals surface area contributed by atoms with Gasteiger partial charge in [0.1, 0.15) is 5.58 Å². The van der Waals surface area contributed by atoms with E-state index in [1.165, 1.54) is 6.07 Å². The molecule has 0 unspecified atom stereocenters. The molecule has 94 valence electrons. The number of nitrogens with zero attached hydrogens (tertiary/aromatic N) is 1. The molecule has 1 aromatic heterocycles. The topological polar surface area (TPSA) is 61.0 Å². The van der Waals surface area contributed by atoms with E-state index in [0.29, 0.717) is 29.2 Å². The summed E-state index contributed by atoms with van der Waals surface area (Å²) in [5.74, 6) is 0.746. The quantitative estimate of drug-likeness (QED) is 0.362. The molecule has 0 saturated carbocycles. The first-order valence-electron chi connectivity index (χ1n) is 5.58. The maximum atomic E-state index is 11.3. The van der Waals surface area contributed by atoms with E-state index < -0.39 is 5.63 Å². The maximum Gasteiger partial charge on any atom is 0.340 e. The third kappa shape index (κ3) is 2.68. The first-order chi connectivity index (χ1) is 8.70. The van der Waals surface area contributed by atoms with Gasteiger partial charge in [0.15, 0.2) is 5.75 Å². The number of hydrogen-bond acceptors (Lipinski definition) is 5. The fourth-order valence-electron chi connectivity index (χ4n) is 1.51. The van der Waals surface area contributed by atoms with Crippen LogP contribution in [-0.4, -0.2) is 12.5 Å². The van der Waals surface area contributed by atoms with E-state index in [-0.39, 0.29) is 0 Å². The minimum absolute atomic E-state index is 0.348. The summed E-state index contributed by atoms with van der Waals surface area (Å²) in [5.41, 5.74) is -0.0165. The summed E-state index contributed by atoms with van der Waals surface area (Å²) in [4.78, 5) is 16.6. The Kier molecular flexibility index (Phi) is 3.62. The number of rotatable bonds is 3. The molecule has 2 aromatic rings. The lowest BCUT2D eigenvalue weighted by molar-refractivity contribution is 0.276. The van der Waals surface area contributed by atoms with E-state index >= 15 is 0 Å². The molecule has 5 nitrogen and oxygen atoms in total. The van der Waals surface area contributed by atoms with Crippen LogP contribution < -0.4 is 10.5 Å². The number of fused-ring (bicyclic) bond motifs is 1. The van der Waals surface area contributed by atoms with Gasteiger partial charge in [0.05, 0.1) is 18.1 Å². The average Bonchev–Trinajstić information content (AvgIpc) is 2.36. The summed E-state index contributed by atoms with van der Waals surface area (Å²) >= 11 is 0. The minimum atomic E-state index is -0.479. The summed E-state index contributed by atoms with van der Waals surface area (Å²) < 4.78 is 10.2. The molecule has 0 spiro atoms. The molecule has 0 radical (unpaired) electrons. The maximum absolute atomic E-state index is 11.3. The van der Waals surface area contributed by atoms with E-state index in [2.05, 4.69) is 5.16 Å². The van der Waals surface area contributed by atoms with E-state index in [1.54, 1.807) is 25.1 Å². The third-order valence-electron chi connectivity index (χ3n) is 2.24. The van der Waals surface area contributed by atoms with Crippen LogP contribution in [-0.2, 0) is 4.74 Å². The number of ether oxygens (including phenoxy) is 1. The average molecular weight is 247 g/mol. The van der Waals surface area contributed by atoms with Crippen LogP contribution in [0.25, 0.3) is 11.0 Å². The van der Waals surface area contributed by atoms with Crippen molar-refractivity contribution in [1.29, 1.82) is 0 Å². The van der Waals surface area contributed by atoms with Crippen LogP contribution in [0.3, 0.4) is 0 Å². The van der Waals surface area contributed by atoms with Crippen LogP contribution >= 0.6 is 0 Å². The normalized spacial score (nSPS) is 11.6. The summed E-state index contributed by atoms with van der Waals surface area (Å²) in [6, 6.07) is 8.35. The monoisotopic (exact) mass is 247 g/mol. The number of oxime groups is 1. The Morgan fingerprint density at radius 2 is 2.17 bits per heavy atom. The Morgan fingerprint density at radius 3 is 2.94 bits per heavy atom. The van der Waals surface area contributed by atoms with E-state index in [4.69, 9.17) is 14.0 Å². The minimum Gasteiger partial charge on any atom is -0.479 e. The largest absolute Gasteiger partial charge is 0.479 e. The Morgan fingerprint density at radius 1 is 1.39 bits per heavy atom. The molecule has 0 N–H and O–H groups in total. The van der Waals surface area contributed by atoms with Gasteiger partial charge in [0, 0.05) is 6.92 Å². The molecular formula is C13H13NO4. The summed E-state index contributed by atoms with van der Waals surface area (Å²) in [5, 5.41) is 4.47. The van der Waals surface area contributed by atoms with Crippen LogP contribution in [0.1, 0.15) is 13.8 Å². The van der Waals surface area contributed by atoms with Crippen molar-refractivity contribution in [3.05, 3.63) is 40.8 Å². The summed E-state index contributed by atoms with van der Waals surface area (Å²) in [6.45, 7) is 4.04. The van der Waals surface area contributed by atoms with Crippen LogP contribution in [0.15, 0.2) is 44.7 Å². The SMILES string of the molecule is CCO/C(C)=N\Oc1cc(=O)oc2ccccc12. The van der Waals surface area contributed by atoms with Crippen molar-refractivity contribution in [2.45, 2.75) is 13.8 Å². The van der Waals surface area contributed by atoms with Gasteiger partial charge in [-0.05, 0) is 24.2 Å². The molecule has 0 amide bonds. The molecule has 0 aliphatic rings. The van der Waals surface area contributed by atoms with Crippen LogP contribution in [0.4, 0.5) is 0 Å². The molecule has 2 rings (SSSR count). The van der Waals surface area contributed by atoms with Crippen molar-refractivity contribution in [1.82, 2.24) is 0 Å². The molecule has 5 heteroatoms.